The summed E-state index contributed by atoms with van der Waals surface area (Å²) in [6, 6.07) is 6.81. The van der Waals surface area contributed by atoms with Crippen molar-refractivity contribution in [3.05, 3.63) is 34.7 Å². The first kappa shape index (κ1) is 18.0. The first-order chi connectivity index (χ1) is 11.0. The number of carbonyl (C=O) groups excluding carboxylic acids is 1. The van der Waals surface area contributed by atoms with Gasteiger partial charge in [-0.05, 0) is 36.1 Å². The zero-order valence-corrected chi connectivity index (χ0v) is 15.3. The predicted octanol–water partition coefficient (Wildman–Crippen LogP) is 4.81. The molecule has 1 atom stereocenters. The molecule has 1 amide bonds. The molecule has 0 spiro atoms. The van der Waals surface area contributed by atoms with Crippen molar-refractivity contribution in [2.45, 2.75) is 39.5 Å². The molecule has 1 heterocycles. The highest BCUT2D eigenvalue weighted by atomic mass is 32.2. The first-order valence-electron chi connectivity index (χ1n) is 8.09. The summed E-state index contributed by atoms with van der Waals surface area (Å²) in [5, 5.41) is 9.33. The Hall–Kier alpha value is -1.33. The second-order valence-electron chi connectivity index (χ2n) is 5.80. The molecular weight excluding hydrogens is 326 g/mol. The van der Waals surface area contributed by atoms with E-state index in [0.29, 0.717) is 21.7 Å². The molecule has 1 saturated heterocycles. The van der Waals surface area contributed by atoms with Crippen LogP contribution in [0.3, 0.4) is 0 Å². The molecular formula is C18H23NO2S2. The van der Waals surface area contributed by atoms with E-state index in [-0.39, 0.29) is 11.7 Å². The van der Waals surface area contributed by atoms with Gasteiger partial charge in [0.25, 0.3) is 5.91 Å². The molecule has 0 aromatic heterocycles. The zero-order valence-electron chi connectivity index (χ0n) is 13.6. The predicted molar refractivity (Wildman–Crippen MR) is 101 cm³/mol. The van der Waals surface area contributed by atoms with E-state index in [0.717, 1.165) is 18.4 Å². The van der Waals surface area contributed by atoms with Gasteiger partial charge >= 0.3 is 0 Å². The Morgan fingerprint density at radius 3 is 2.61 bits per heavy atom. The minimum Gasteiger partial charge on any atom is -0.508 e. The highest BCUT2D eigenvalue weighted by molar-refractivity contribution is 8.26. The van der Waals surface area contributed by atoms with Crippen molar-refractivity contribution in [3.8, 4) is 5.75 Å². The van der Waals surface area contributed by atoms with Crippen LogP contribution in [0.4, 0.5) is 0 Å². The molecule has 1 aliphatic heterocycles. The van der Waals surface area contributed by atoms with Crippen molar-refractivity contribution in [3.63, 3.8) is 0 Å². The summed E-state index contributed by atoms with van der Waals surface area (Å²) in [6.07, 6.45) is 6.41. The maximum absolute atomic E-state index is 12.6. The van der Waals surface area contributed by atoms with E-state index in [4.69, 9.17) is 12.2 Å². The number of nitrogens with zero attached hydrogens (tertiary/aromatic N) is 1. The Balaban J connectivity index is 2.08. The second kappa shape index (κ2) is 8.50. The van der Waals surface area contributed by atoms with Crippen LogP contribution < -0.4 is 0 Å². The van der Waals surface area contributed by atoms with Gasteiger partial charge in [-0.3, -0.25) is 9.69 Å². The number of thiocarbonyl (C=S) groups is 1. The summed E-state index contributed by atoms with van der Waals surface area (Å²) in [7, 11) is 0. The van der Waals surface area contributed by atoms with Gasteiger partial charge < -0.3 is 5.11 Å². The quantitative estimate of drug-likeness (QED) is 0.566. The third-order valence-electron chi connectivity index (χ3n) is 4.05. The van der Waals surface area contributed by atoms with Gasteiger partial charge in [0.1, 0.15) is 10.1 Å². The second-order valence-corrected chi connectivity index (χ2v) is 7.48. The van der Waals surface area contributed by atoms with Gasteiger partial charge in [-0.2, -0.15) is 0 Å². The Morgan fingerprint density at radius 1 is 1.30 bits per heavy atom. The van der Waals surface area contributed by atoms with Crippen LogP contribution in [-0.4, -0.2) is 26.8 Å². The van der Waals surface area contributed by atoms with Gasteiger partial charge in [-0.15, -0.1) is 0 Å². The van der Waals surface area contributed by atoms with Crippen molar-refractivity contribution in [1.82, 2.24) is 4.90 Å². The van der Waals surface area contributed by atoms with Gasteiger partial charge in [-0.25, -0.2) is 0 Å². The van der Waals surface area contributed by atoms with Gasteiger partial charge in [0.15, 0.2) is 0 Å². The maximum Gasteiger partial charge on any atom is 0.266 e. The standard InChI is InChI=1S/C18H23NO2S2/c1-3-5-6-13(4-2)12-19-17(21)16(23-18(19)22)11-14-7-9-15(20)10-8-14/h7-11,13,20H,3-6,12H2,1-2H3/b16-11-. The summed E-state index contributed by atoms with van der Waals surface area (Å²) >= 11 is 6.76. The Morgan fingerprint density at radius 2 is 2.00 bits per heavy atom. The van der Waals surface area contributed by atoms with E-state index in [2.05, 4.69) is 13.8 Å². The lowest BCUT2D eigenvalue weighted by atomic mass is 9.99. The molecule has 5 heteroatoms. The highest BCUT2D eigenvalue weighted by Crippen LogP contribution is 2.34. The number of benzene rings is 1. The Kier molecular flexibility index (Phi) is 6.66. The third-order valence-corrected chi connectivity index (χ3v) is 5.43. The Bertz CT molecular complexity index is 596. The van der Waals surface area contributed by atoms with E-state index in [9.17, 15) is 9.90 Å². The average molecular weight is 350 g/mol. The monoisotopic (exact) mass is 349 g/mol. The molecule has 3 nitrogen and oxygen atoms in total. The number of phenols is 1. The number of rotatable bonds is 7. The number of amides is 1. The van der Waals surface area contributed by atoms with Crippen molar-refractivity contribution < 1.29 is 9.90 Å². The zero-order chi connectivity index (χ0) is 16.8. The number of hydrogen-bond donors (Lipinski definition) is 1. The molecule has 2 rings (SSSR count). The normalized spacial score (nSPS) is 18.0. The highest BCUT2D eigenvalue weighted by Gasteiger charge is 2.33. The number of unbranched alkanes of at least 4 members (excludes halogenated alkanes) is 1. The first-order valence-corrected chi connectivity index (χ1v) is 9.32. The molecule has 1 fully saturated rings. The lowest BCUT2D eigenvalue weighted by molar-refractivity contribution is -0.122. The van der Waals surface area contributed by atoms with Gasteiger partial charge in [-0.1, -0.05) is 69.2 Å². The SMILES string of the molecule is CCCCC(CC)CN1C(=O)/C(=C/c2ccc(O)cc2)SC1=S. The number of hydrogen-bond acceptors (Lipinski definition) is 4. The smallest absolute Gasteiger partial charge is 0.266 e. The van der Waals surface area contributed by atoms with Crippen LogP contribution in [-0.2, 0) is 4.79 Å². The molecule has 1 N–H and O–H groups in total. The fraction of sp³-hybridized carbons (Fsp3) is 0.444. The summed E-state index contributed by atoms with van der Waals surface area (Å²) in [5.41, 5.74) is 0.890. The molecule has 0 bridgehead atoms. The summed E-state index contributed by atoms with van der Waals surface area (Å²) in [5.74, 6) is 0.727. The van der Waals surface area contributed by atoms with Crippen LogP contribution in [0.25, 0.3) is 6.08 Å². The van der Waals surface area contributed by atoms with Crippen LogP contribution in [0.1, 0.15) is 45.1 Å². The summed E-state index contributed by atoms with van der Waals surface area (Å²) < 4.78 is 0.648. The van der Waals surface area contributed by atoms with E-state index < -0.39 is 0 Å². The minimum atomic E-state index is 0.00280. The fourth-order valence-electron chi connectivity index (χ4n) is 2.55. The topological polar surface area (TPSA) is 40.5 Å². The molecule has 0 aliphatic carbocycles. The molecule has 124 valence electrons. The largest absolute Gasteiger partial charge is 0.508 e. The average Bonchev–Trinajstić information content (AvgIpc) is 2.80. The van der Waals surface area contributed by atoms with Crippen molar-refractivity contribution >= 4 is 40.3 Å². The molecule has 23 heavy (non-hydrogen) atoms. The van der Waals surface area contributed by atoms with Crippen LogP contribution in [0, 0.1) is 5.92 Å². The molecule has 0 saturated carbocycles. The molecule has 1 aromatic rings. The van der Waals surface area contributed by atoms with Crippen molar-refractivity contribution in [1.29, 1.82) is 0 Å². The lowest BCUT2D eigenvalue weighted by Gasteiger charge is -2.21. The molecule has 1 aromatic carbocycles. The molecule has 1 aliphatic rings. The van der Waals surface area contributed by atoms with Crippen LogP contribution >= 0.6 is 24.0 Å². The Labute approximate surface area is 147 Å². The molecule has 0 radical (unpaired) electrons. The summed E-state index contributed by atoms with van der Waals surface area (Å²) in [4.78, 5) is 15.0. The van der Waals surface area contributed by atoms with Gasteiger partial charge in [0, 0.05) is 6.54 Å². The lowest BCUT2D eigenvalue weighted by Crippen LogP contribution is -2.33. The van der Waals surface area contributed by atoms with Gasteiger partial charge in [0.2, 0.25) is 0 Å². The van der Waals surface area contributed by atoms with Crippen molar-refractivity contribution in [2.24, 2.45) is 5.92 Å². The molecule has 1 unspecified atom stereocenters. The third kappa shape index (κ3) is 4.82. The summed E-state index contributed by atoms with van der Waals surface area (Å²) in [6.45, 7) is 5.07. The maximum atomic E-state index is 12.6. The number of aromatic hydroxyl groups is 1. The number of thioether (sulfide) groups is 1. The van der Waals surface area contributed by atoms with Gasteiger partial charge in [0.05, 0.1) is 4.91 Å². The fourth-order valence-corrected chi connectivity index (χ4v) is 3.83. The van der Waals surface area contributed by atoms with E-state index in [1.165, 1.54) is 24.6 Å². The van der Waals surface area contributed by atoms with Crippen LogP contribution in [0.2, 0.25) is 0 Å². The van der Waals surface area contributed by atoms with Crippen molar-refractivity contribution in [2.75, 3.05) is 6.54 Å². The van der Waals surface area contributed by atoms with E-state index in [1.54, 1.807) is 29.2 Å². The van der Waals surface area contributed by atoms with E-state index >= 15 is 0 Å². The van der Waals surface area contributed by atoms with E-state index in [1.807, 2.05) is 6.08 Å². The minimum absolute atomic E-state index is 0.00280. The van der Waals surface area contributed by atoms with Crippen LogP contribution in [0.15, 0.2) is 29.2 Å². The number of phenolic OH excluding ortho intramolecular Hbond substituents is 1. The van der Waals surface area contributed by atoms with Crippen LogP contribution in [0.5, 0.6) is 5.75 Å². The number of carbonyl (C=O) groups is 1.